The van der Waals surface area contributed by atoms with E-state index < -0.39 is 0 Å². The van der Waals surface area contributed by atoms with Crippen molar-refractivity contribution in [2.24, 2.45) is 5.73 Å². The van der Waals surface area contributed by atoms with E-state index in [1.54, 1.807) is 5.57 Å². The first-order valence-corrected chi connectivity index (χ1v) is 6.62. The molecule has 1 aromatic rings. The summed E-state index contributed by atoms with van der Waals surface area (Å²) < 4.78 is 0. The van der Waals surface area contributed by atoms with Crippen LogP contribution in [0.1, 0.15) is 31.2 Å². The summed E-state index contributed by atoms with van der Waals surface area (Å²) in [6.45, 7) is 0. The quantitative estimate of drug-likeness (QED) is 0.725. The van der Waals surface area contributed by atoms with Gasteiger partial charge < -0.3 is 11.1 Å². The van der Waals surface area contributed by atoms with E-state index in [9.17, 15) is 0 Å². The first-order valence-electron chi connectivity index (χ1n) is 6.62. The van der Waals surface area contributed by atoms with E-state index in [4.69, 9.17) is 5.73 Å². The summed E-state index contributed by atoms with van der Waals surface area (Å²) in [6.07, 6.45) is 8.14. The highest BCUT2D eigenvalue weighted by molar-refractivity contribution is 5.55. The van der Waals surface area contributed by atoms with Crippen molar-refractivity contribution >= 4 is 5.69 Å². The second kappa shape index (κ2) is 4.53. The van der Waals surface area contributed by atoms with Gasteiger partial charge in [-0.25, -0.2) is 0 Å². The fourth-order valence-electron chi connectivity index (χ4n) is 2.91. The predicted molar refractivity (Wildman–Crippen MR) is 72.1 cm³/mol. The Balaban J connectivity index is 1.76. The van der Waals surface area contributed by atoms with Crippen molar-refractivity contribution in [3.05, 3.63) is 41.5 Å². The van der Waals surface area contributed by atoms with Gasteiger partial charge >= 0.3 is 0 Å². The third kappa shape index (κ3) is 2.22. The Morgan fingerprint density at radius 3 is 2.82 bits per heavy atom. The number of aryl methyl sites for hydroxylation is 1. The van der Waals surface area contributed by atoms with Gasteiger partial charge in [0.15, 0.2) is 0 Å². The van der Waals surface area contributed by atoms with Crippen molar-refractivity contribution in [1.29, 1.82) is 0 Å². The largest absolute Gasteiger partial charge is 0.378 e. The van der Waals surface area contributed by atoms with Crippen LogP contribution in [0.15, 0.2) is 35.9 Å². The molecule has 2 aliphatic rings. The third-order valence-corrected chi connectivity index (χ3v) is 3.98. The molecule has 3 N–H and O–H groups in total. The summed E-state index contributed by atoms with van der Waals surface area (Å²) >= 11 is 0. The van der Waals surface area contributed by atoms with Crippen LogP contribution < -0.4 is 11.1 Å². The van der Waals surface area contributed by atoms with Crippen LogP contribution in [-0.2, 0) is 6.42 Å². The number of anilines is 1. The first-order chi connectivity index (χ1) is 8.33. The van der Waals surface area contributed by atoms with Crippen LogP contribution in [0.5, 0.6) is 0 Å². The Bertz CT molecular complexity index is 436. The Hall–Kier alpha value is -1.28. The average molecular weight is 228 g/mol. The van der Waals surface area contributed by atoms with Crippen LogP contribution >= 0.6 is 0 Å². The molecule has 2 heteroatoms. The lowest BCUT2D eigenvalue weighted by Crippen LogP contribution is -2.31. The molecule has 1 aromatic carbocycles. The Morgan fingerprint density at radius 2 is 2.00 bits per heavy atom. The van der Waals surface area contributed by atoms with Crippen molar-refractivity contribution in [2.45, 2.75) is 44.2 Å². The fourth-order valence-corrected chi connectivity index (χ4v) is 2.91. The lowest BCUT2D eigenvalue weighted by atomic mass is 9.86. The Kier molecular flexibility index (Phi) is 2.89. The van der Waals surface area contributed by atoms with Crippen molar-refractivity contribution in [3.63, 3.8) is 0 Å². The molecule has 90 valence electrons. The molecular formula is C15H20N2. The number of benzene rings is 1. The molecule has 0 bridgehead atoms. The van der Waals surface area contributed by atoms with Crippen LogP contribution in [0.25, 0.3) is 0 Å². The van der Waals surface area contributed by atoms with Crippen LogP contribution in [0.3, 0.4) is 0 Å². The number of nitrogens with one attached hydrogen (secondary N) is 1. The molecule has 2 unspecified atom stereocenters. The molecule has 0 aromatic heterocycles. The lowest BCUT2D eigenvalue weighted by Gasteiger charge is -2.31. The van der Waals surface area contributed by atoms with Gasteiger partial charge in [0.1, 0.15) is 0 Å². The van der Waals surface area contributed by atoms with Gasteiger partial charge in [-0.1, -0.05) is 29.8 Å². The summed E-state index contributed by atoms with van der Waals surface area (Å²) in [5.41, 5.74) is 10.3. The maximum absolute atomic E-state index is 5.94. The minimum absolute atomic E-state index is 0.384. The van der Waals surface area contributed by atoms with E-state index in [2.05, 4.69) is 35.7 Å². The second-order valence-corrected chi connectivity index (χ2v) is 5.21. The van der Waals surface area contributed by atoms with E-state index in [1.165, 1.54) is 30.5 Å². The Morgan fingerprint density at radius 1 is 1.12 bits per heavy atom. The summed E-state index contributed by atoms with van der Waals surface area (Å²) in [5, 5.41) is 3.67. The second-order valence-electron chi connectivity index (χ2n) is 5.21. The summed E-state index contributed by atoms with van der Waals surface area (Å²) in [4.78, 5) is 0. The number of hydrogen-bond donors (Lipinski definition) is 2. The monoisotopic (exact) mass is 228 g/mol. The molecule has 17 heavy (non-hydrogen) atoms. The number of nitrogens with two attached hydrogens (primary N) is 1. The zero-order valence-electron chi connectivity index (χ0n) is 10.2. The standard InChI is InChI=1S/C15H20N2/c16-13-8-5-12(6-9-13)15-10-7-11-3-1-2-4-14(11)17-15/h1-5,13,15,17H,6-10,16H2. The smallest absolute Gasteiger partial charge is 0.0477 e. The molecule has 2 nitrogen and oxygen atoms in total. The topological polar surface area (TPSA) is 38.0 Å². The molecule has 0 saturated heterocycles. The third-order valence-electron chi connectivity index (χ3n) is 3.98. The van der Waals surface area contributed by atoms with Gasteiger partial charge in [0.2, 0.25) is 0 Å². The number of hydrogen-bond acceptors (Lipinski definition) is 2. The van der Waals surface area contributed by atoms with E-state index in [-0.39, 0.29) is 0 Å². The molecular weight excluding hydrogens is 208 g/mol. The minimum atomic E-state index is 0.384. The van der Waals surface area contributed by atoms with Gasteiger partial charge in [-0.15, -0.1) is 0 Å². The van der Waals surface area contributed by atoms with Gasteiger partial charge in [0.25, 0.3) is 0 Å². The summed E-state index contributed by atoms with van der Waals surface area (Å²) in [6, 6.07) is 9.58. The number of fused-ring (bicyclic) bond motifs is 1. The van der Waals surface area contributed by atoms with Crippen molar-refractivity contribution in [2.75, 3.05) is 5.32 Å². The molecule has 1 aliphatic heterocycles. The van der Waals surface area contributed by atoms with Crippen LogP contribution in [0.4, 0.5) is 5.69 Å². The summed E-state index contributed by atoms with van der Waals surface area (Å²) in [7, 11) is 0. The zero-order chi connectivity index (χ0) is 11.7. The zero-order valence-corrected chi connectivity index (χ0v) is 10.2. The van der Waals surface area contributed by atoms with Gasteiger partial charge in [0.05, 0.1) is 0 Å². The first kappa shape index (κ1) is 10.8. The molecule has 0 amide bonds. The molecule has 3 rings (SSSR count). The highest BCUT2D eigenvalue weighted by Crippen LogP contribution is 2.30. The molecule has 0 saturated carbocycles. The van der Waals surface area contributed by atoms with Crippen molar-refractivity contribution in [1.82, 2.24) is 0 Å². The van der Waals surface area contributed by atoms with Gasteiger partial charge in [-0.3, -0.25) is 0 Å². The average Bonchev–Trinajstić information content (AvgIpc) is 2.39. The van der Waals surface area contributed by atoms with Gasteiger partial charge in [-0.2, -0.15) is 0 Å². The predicted octanol–water partition coefficient (Wildman–Crippen LogP) is 2.85. The maximum atomic E-state index is 5.94. The van der Waals surface area contributed by atoms with Crippen LogP contribution in [0.2, 0.25) is 0 Å². The van der Waals surface area contributed by atoms with Crippen molar-refractivity contribution in [3.8, 4) is 0 Å². The van der Waals surface area contributed by atoms with Crippen LogP contribution in [-0.4, -0.2) is 12.1 Å². The SMILES string of the molecule is NC1CC=C(C2CCc3ccccc3N2)CC1. The highest BCUT2D eigenvalue weighted by Gasteiger charge is 2.22. The maximum Gasteiger partial charge on any atom is 0.0477 e. The minimum Gasteiger partial charge on any atom is -0.378 e. The van der Waals surface area contributed by atoms with E-state index >= 15 is 0 Å². The molecule has 0 spiro atoms. The normalized spacial score (nSPS) is 27.9. The van der Waals surface area contributed by atoms with E-state index in [1.807, 2.05) is 0 Å². The molecule has 0 fully saturated rings. The molecule has 1 heterocycles. The lowest BCUT2D eigenvalue weighted by molar-refractivity contribution is 0.554. The molecule has 2 atom stereocenters. The number of rotatable bonds is 1. The highest BCUT2D eigenvalue weighted by atomic mass is 14.9. The van der Waals surface area contributed by atoms with Crippen LogP contribution in [0, 0.1) is 0 Å². The van der Waals surface area contributed by atoms with Crippen molar-refractivity contribution < 1.29 is 0 Å². The van der Waals surface area contributed by atoms with Gasteiger partial charge in [0, 0.05) is 17.8 Å². The van der Waals surface area contributed by atoms with E-state index in [0.717, 1.165) is 12.8 Å². The number of para-hydroxylation sites is 1. The Labute approximate surface area is 103 Å². The molecule has 0 radical (unpaired) electrons. The molecule has 1 aliphatic carbocycles. The summed E-state index contributed by atoms with van der Waals surface area (Å²) in [5.74, 6) is 0. The fraction of sp³-hybridized carbons (Fsp3) is 0.467. The van der Waals surface area contributed by atoms with Gasteiger partial charge in [-0.05, 0) is 43.7 Å². The van der Waals surface area contributed by atoms with E-state index in [0.29, 0.717) is 12.1 Å².